The first-order valence-corrected chi connectivity index (χ1v) is 4.63. The Kier molecular flexibility index (Phi) is 5.14. The first-order chi connectivity index (χ1) is 5.43. The summed E-state index contributed by atoms with van der Waals surface area (Å²) in [4.78, 5) is 11.2. The molecule has 0 fully saturated rings. The molecule has 0 aliphatic carbocycles. The maximum Gasteiger partial charge on any atom is 0.135 e. The lowest BCUT2D eigenvalue weighted by Gasteiger charge is -2.13. The normalized spacial score (nSPS) is 13.9. The number of aliphatic hydroxyl groups is 1. The molecule has 0 heterocycles. The molecule has 0 saturated heterocycles. The lowest BCUT2D eigenvalue weighted by Crippen LogP contribution is -2.20. The van der Waals surface area contributed by atoms with E-state index in [0.717, 1.165) is 0 Å². The molecule has 0 aliphatic rings. The highest BCUT2D eigenvalue weighted by atomic mass is 16.3. The predicted molar refractivity (Wildman–Crippen MR) is 49.9 cm³/mol. The Balaban J connectivity index is 3.69. The summed E-state index contributed by atoms with van der Waals surface area (Å²) in [5.41, 5.74) is 0. The second-order valence-corrected chi connectivity index (χ2v) is 4.15. The van der Waals surface area contributed by atoms with Gasteiger partial charge in [-0.3, -0.25) is 4.79 Å². The predicted octanol–water partition coefficient (Wildman–Crippen LogP) is 2.01. The van der Waals surface area contributed by atoms with Crippen LogP contribution in [0.1, 0.15) is 40.5 Å². The summed E-state index contributed by atoms with van der Waals surface area (Å²) >= 11 is 0. The summed E-state index contributed by atoms with van der Waals surface area (Å²) in [6.45, 7) is 7.87. The van der Waals surface area contributed by atoms with E-state index in [1.165, 1.54) is 0 Å². The molecule has 0 bridgehead atoms. The summed E-state index contributed by atoms with van der Waals surface area (Å²) in [7, 11) is 0. The first-order valence-electron chi connectivity index (χ1n) is 4.63. The van der Waals surface area contributed by atoms with E-state index in [1.807, 2.05) is 27.7 Å². The number of carbonyl (C=O) groups is 1. The molecule has 0 aromatic carbocycles. The number of aliphatic hydroxyl groups excluding tert-OH is 1. The van der Waals surface area contributed by atoms with Crippen molar-refractivity contribution in [3.8, 4) is 0 Å². The van der Waals surface area contributed by atoms with Gasteiger partial charge < -0.3 is 5.11 Å². The van der Waals surface area contributed by atoms with Crippen molar-refractivity contribution >= 4 is 5.78 Å². The molecule has 2 nitrogen and oxygen atoms in total. The molecule has 1 atom stereocenters. The van der Waals surface area contributed by atoms with Crippen molar-refractivity contribution in [3.63, 3.8) is 0 Å². The summed E-state index contributed by atoms with van der Waals surface area (Å²) in [5.74, 6) is 0.754. The third kappa shape index (κ3) is 5.30. The van der Waals surface area contributed by atoms with Crippen LogP contribution in [0.4, 0.5) is 0 Å². The smallest absolute Gasteiger partial charge is 0.135 e. The quantitative estimate of drug-likeness (QED) is 0.688. The molecule has 1 N–H and O–H groups in total. The Morgan fingerprint density at radius 2 is 1.67 bits per heavy atom. The van der Waals surface area contributed by atoms with E-state index in [4.69, 9.17) is 0 Å². The molecular formula is C10H20O2. The van der Waals surface area contributed by atoms with Crippen LogP contribution in [0.25, 0.3) is 0 Å². The molecule has 0 aromatic rings. The van der Waals surface area contributed by atoms with Gasteiger partial charge in [-0.1, -0.05) is 27.7 Å². The van der Waals surface area contributed by atoms with Crippen LogP contribution in [0.3, 0.4) is 0 Å². The zero-order valence-corrected chi connectivity index (χ0v) is 8.50. The Labute approximate surface area is 75.0 Å². The Bertz CT molecular complexity index is 139. The topological polar surface area (TPSA) is 37.3 Å². The third-order valence-electron chi connectivity index (χ3n) is 1.84. The number of hydrogen-bond acceptors (Lipinski definition) is 2. The van der Waals surface area contributed by atoms with E-state index in [-0.39, 0.29) is 11.7 Å². The molecule has 0 rings (SSSR count). The Morgan fingerprint density at radius 3 is 2.00 bits per heavy atom. The van der Waals surface area contributed by atoms with Gasteiger partial charge in [0.05, 0.1) is 6.10 Å². The van der Waals surface area contributed by atoms with Gasteiger partial charge in [0, 0.05) is 12.8 Å². The van der Waals surface area contributed by atoms with Crippen LogP contribution in [0.5, 0.6) is 0 Å². The number of Topliss-reactive ketones (excluding diaryl/α,β-unsaturated/α-hetero) is 1. The molecule has 0 aromatic heterocycles. The number of ketones is 1. The molecule has 0 saturated carbocycles. The first kappa shape index (κ1) is 11.6. The van der Waals surface area contributed by atoms with Crippen molar-refractivity contribution in [2.45, 2.75) is 46.6 Å². The van der Waals surface area contributed by atoms with E-state index < -0.39 is 6.10 Å². The van der Waals surface area contributed by atoms with Crippen LogP contribution in [0.15, 0.2) is 0 Å². The number of hydrogen-bond donors (Lipinski definition) is 1. The van der Waals surface area contributed by atoms with E-state index >= 15 is 0 Å². The SMILES string of the molecule is CC(C)CC(=O)CC(O)C(C)C. The minimum Gasteiger partial charge on any atom is -0.392 e. The van der Waals surface area contributed by atoms with Crippen LogP contribution in [0.2, 0.25) is 0 Å². The highest BCUT2D eigenvalue weighted by Crippen LogP contribution is 2.10. The monoisotopic (exact) mass is 172 g/mol. The van der Waals surface area contributed by atoms with E-state index in [1.54, 1.807) is 0 Å². The molecule has 0 aliphatic heterocycles. The van der Waals surface area contributed by atoms with Crippen LogP contribution in [-0.4, -0.2) is 17.0 Å². The van der Waals surface area contributed by atoms with Gasteiger partial charge in [0.1, 0.15) is 5.78 Å². The minimum absolute atomic E-state index is 0.172. The van der Waals surface area contributed by atoms with Gasteiger partial charge in [-0.25, -0.2) is 0 Å². The largest absolute Gasteiger partial charge is 0.392 e. The minimum atomic E-state index is -0.462. The van der Waals surface area contributed by atoms with Crippen molar-refractivity contribution in [2.75, 3.05) is 0 Å². The summed E-state index contributed by atoms with van der Waals surface area (Å²) in [6, 6.07) is 0. The molecule has 2 heteroatoms. The van der Waals surface area contributed by atoms with E-state index in [0.29, 0.717) is 18.8 Å². The molecule has 0 spiro atoms. The van der Waals surface area contributed by atoms with Gasteiger partial charge in [-0.2, -0.15) is 0 Å². The molecule has 0 radical (unpaired) electrons. The number of rotatable bonds is 5. The van der Waals surface area contributed by atoms with Crippen molar-refractivity contribution < 1.29 is 9.90 Å². The maximum atomic E-state index is 11.2. The second kappa shape index (κ2) is 5.31. The average molecular weight is 172 g/mol. The zero-order chi connectivity index (χ0) is 9.72. The second-order valence-electron chi connectivity index (χ2n) is 4.15. The van der Waals surface area contributed by atoms with Gasteiger partial charge in [-0.05, 0) is 11.8 Å². The van der Waals surface area contributed by atoms with Gasteiger partial charge >= 0.3 is 0 Å². The standard InChI is InChI=1S/C10H20O2/c1-7(2)5-9(11)6-10(12)8(3)4/h7-8,10,12H,5-6H2,1-4H3. The number of carbonyl (C=O) groups excluding carboxylic acids is 1. The highest BCUT2D eigenvalue weighted by Gasteiger charge is 2.14. The fraction of sp³-hybridized carbons (Fsp3) is 0.900. The van der Waals surface area contributed by atoms with Gasteiger partial charge in [0.25, 0.3) is 0 Å². The third-order valence-corrected chi connectivity index (χ3v) is 1.84. The fourth-order valence-electron chi connectivity index (χ4n) is 1.01. The van der Waals surface area contributed by atoms with Gasteiger partial charge in [0.2, 0.25) is 0 Å². The average Bonchev–Trinajstić information content (AvgIpc) is 1.84. The molecular weight excluding hydrogens is 152 g/mol. The molecule has 1 unspecified atom stereocenters. The van der Waals surface area contributed by atoms with Crippen LogP contribution in [0, 0.1) is 11.8 Å². The Hall–Kier alpha value is -0.370. The molecule has 72 valence electrons. The van der Waals surface area contributed by atoms with Gasteiger partial charge in [-0.15, -0.1) is 0 Å². The van der Waals surface area contributed by atoms with E-state index in [2.05, 4.69) is 0 Å². The van der Waals surface area contributed by atoms with Gasteiger partial charge in [0.15, 0.2) is 0 Å². The van der Waals surface area contributed by atoms with Crippen molar-refractivity contribution in [2.24, 2.45) is 11.8 Å². The Morgan fingerprint density at radius 1 is 1.17 bits per heavy atom. The maximum absolute atomic E-state index is 11.2. The van der Waals surface area contributed by atoms with Crippen LogP contribution < -0.4 is 0 Å². The van der Waals surface area contributed by atoms with E-state index in [9.17, 15) is 9.90 Å². The lowest BCUT2D eigenvalue weighted by molar-refractivity contribution is -0.122. The molecule has 12 heavy (non-hydrogen) atoms. The van der Waals surface area contributed by atoms with Crippen molar-refractivity contribution in [1.82, 2.24) is 0 Å². The van der Waals surface area contributed by atoms with Crippen molar-refractivity contribution in [3.05, 3.63) is 0 Å². The summed E-state index contributed by atoms with van der Waals surface area (Å²) < 4.78 is 0. The van der Waals surface area contributed by atoms with Crippen molar-refractivity contribution in [1.29, 1.82) is 0 Å². The summed E-state index contributed by atoms with van der Waals surface area (Å²) in [5, 5.41) is 9.39. The lowest BCUT2D eigenvalue weighted by atomic mass is 9.97. The van der Waals surface area contributed by atoms with Crippen LogP contribution >= 0.6 is 0 Å². The molecule has 0 amide bonds. The van der Waals surface area contributed by atoms with Crippen LogP contribution in [-0.2, 0) is 4.79 Å². The highest BCUT2D eigenvalue weighted by molar-refractivity contribution is 5.79. The fourth-order valence-corrected chi connectivity index (χ4v) is 1.01. The zero-order valence-electron chi connectivity index (χ0n) is 8.50. The summed E-state index contributed by atoms with van der Waals surface area (Å²) in [6.07, 6.45) is 0.441.